The van der Waals surface area contributed by atoms with Crippen molar-refractivity contribution in [1.29, 1.82) is 0 Å². The second-order valence-corrected chi connectivity index (χ2v) is 6.64. The molecule has 90 valence electrons. The zero-order chi connectivity index (χ0) is 12.3. The van der Waals surface area contributed by atoms with Crippen LogP contribution in [0.15, 0.2) is 0 Å². The minimum absolute atomic E-state index is 0.256. The minimum atomic E-state index is -3.35. The lowest BCUT2D eigenvalue weighted by atomic mass is 10.0. The van der Waals surface area contributed by atoms with Gasteiger partial charge in [-0.2, -0.15) is 0 Å². The Balaban J connectivity index is 4.64. The molecular weight excluding hydrogens is 238 g/mol. The number of carbonyl (C=O) groups excluding carboxylic acids is 1. The quantitative estimate of drug-likeness (QED) is 0.744. The molecule has 0 bridgehead atoms. The van der Waals surface area contributed by atoms with Crippen LogP contribution < -0.4 is 5.32 Å². The van der Waals surface area contributed by atoms with Crippen molar-refractivity contribution in [2.75, 3.05) is 12.1 Å². The molecular formula is C9H18ClNO3S. The second kappa shape index (κ2) is 5.16. The third-order valence-corrected chi connectivity index (χ3v) is 4.60. The van der Waals surface area contributed by atoms with Gasteiger partial charge in [0.25, 0.3) is 0 Å². The first kappa shape index (κ1) is 14.7. The van der Waals surface area contributed by atoms with Crippen LogP contribution in [0.5, 0.6) is 0 Å². The van der Waals surface area contributed by atoms with Crippen LogP contribution in [0.2, 0.25) is 0 Å². The van der Waals surface area contributed by atoms with E-state index in [9.17, 15) is 13.2 Å². The van der Waals surface area contributed by atoms with Crippen LogP contribution in [0.25, 0.3) is 0 Å². The van der Waals surface area contributed by atoms with E-state index in [0.29, 0.717) is 6.42 Å². The van der Waals surface area contributed by atoms with Crippen LogP contribution in [0.1, 0.15) is 27.2 Å². The van der Waals surface area contributed by atoms with E-state index in [4.69, 9.17) is 11.6 Å². The Morgan fingerprint density at radius 2 is 2.00 bits per heavy atom. The molecule has 15 heavy (non-hydrogen) atoms. The van der Waals surface area contributed by atoms with Crippen molar-refractivity contribution < 1.29 is 13.2 Å². The fraction of sp³-hybridized carbons (Fsp3) is 0.889. The Morgan fingerprint density at radius 1 is 1.53 bits per heavy atom. The normalized spacial score (nSPS) is 17.9. The standard InChI is InChI=1S/C9H18ClNO3S/c1-5-9(3,6-10)11-8(12)7(2)15(4,13)14/h7H,5-6H2,1-4H3,(H,11,12). The molecule has 0 aromatic heterocycles. The summed E-state index contributed by atoms with van der Waals surface area (Å²) in [6.45, 7) is 5.04. The molecule has 0 spiro atoms. The smallest absolute Gasteiger partial charge is 0.238 e. The molecule has 1 N–H and O–H groups in total. The second-order valence-electron chi connectivity index (χ2n) is 4.01. The van der Waals surface area contributed by atoms with Gasteiger partial charge in [0.1, 0.15) is 5.25 Å². The van der Waals surface area contributed by atoms with Crippen LogP contribution in [0.4, 0.5) is 0 Å². The summed E-state index contributed by atoms with van der Waals surface area (Å²) in [6, 6.07) is 0. The first-order valence-electron chi connectivity index (χ1n) is 4.73. The minimum Gasteiger partial charge on any atom is -0.349 e. The predicted molar refractivity (Wildman–Crippen MR) is 61.9 cm³/mol. The number of carbonyl (C=O) groups is 1. The Labute approximate surface area is 96.3 Å². The summed E-state index contributed by atoms with van der Waals surface area (Å²) < 4.78 is 22.3. The van der Waals surface area contributed by atoms with Gasteiger partial charge < -0.3 is 5.32 Å². The fourth-order valence-electron chi connectivity index (χ4n) is 0.810. The Hall–Kier alpha value is -0.290. The van der Waals surface area contributed by atoms with Crippen molar-refractivity contribution in [3.63, 3.8) is 0 Å². The summed E-state index contributed by atoms with van der Waals surface area (Å²) in [5.74, 6) is -0.242. The van der Waals surface area contributed by atoms with E-state index in [2.05, 4.69) is 5.32 Å². The Bertz CT molecular complexity index is 322. The average Bonchev–Trinajstić information content (AvgIpc) is 2.15. The maximum atomic E-state index is 11.6. The zero-order valence-electron chi connectivity index (χ0n) is 9.50. The molecule has 0 heterocycles. The van der Waals surface area contributed by atoms with E-state index in [0.717, 1.165) is 6.26 Å². The van der Waals surface area contributed by atoms with Crippen LogP contribution in [-0.2, 0) is 14.6 Å². The van der Waals surface area contributed by atoms with E-state index in [1.165, 1.54) is 6.92 Å². The van der Waals surface area contributed by atoms with E-state index in [1.54, 1.807) is 6.92 Å². The van der Waals surface area contributed by atoms with Crippen molar-refractivity contribution in [2.24, 2.45) is 0 Å². The first-order chi connectivity index (χ1) is 6.66. The first-order valence-corrected chi connectivity index (χ1v) is 7.22. The molecule has 0 aliphatic heterocycles. The molecule has 0 aromatic carbocycles. The van der Waals surface area contributed by atoms with Gasteiger partial charge in [0.05, 0.1) is 5.54 Å². The SMILES string of the molecule is CCC(C)(CCl)NC(=O)C(C)S(C)(=O)=O. The molecule has 0 saturated heterocycles. The van der Waals surface area contributed by atoms with Gasteiger partial charge in [-0.1, -0.05) is 6.92 Å². The van der Waals surface area contributed by atoms with E-state index in [-0.39, 0.29) is 5.88 Å². The number of halogens is 1. The highest BCUT2D eigenvalue weighted by Crippen LogP contribution is 2.12. The molecule has 0 aromatic rings. The lowest BCUT2D eigenvalue weighted by Gasteiger charge is -2.28. The van der Waals surface area contributed by atoms with Crippen molar-refractivity contribution >= 4 is 27.3 Å². The third kappa shape index (κ3) is 4.38. The average molecular weight is 256 g/mol. The number of nitrogens with one attached hydrogen (secondary N) is 1. The van der Waals surface area contributed by atoms with Gasteiger partial charge in [-0.25, -0.2) is 8.42 Å². The molecule has 2 atom stereocenters. The van der Waals surface area contributed by atoms with Crippen LogP contribution in [0, 0.1) is 0 Å². The molecule has 2 unspecified atom stereocenters. The van der Waals surface area contributed by atoms with Gasteiger partial charge in [-0.15, -0.1) is 11.6 Å². The molecule has 0 fully saturated rings. The summed E-state index contributed by atoms with van der Waals surface area (Å²) in [7, 11) is -3.35. The van der Waals surface area contributed by atoms with Crippen LogP contribution in [0.3, 0.4) is 0 Å². The van der Waals surface area contributed by atoms with Gasteiger partial charge in [0, 0.05) is 12.1 Å². The molecule has 0 saturated carbocycles. The molecule has 6 heteroatoms. The largest absolute Gasteiger partial charge is 0.349 e. The van der Waals surface area contributed by atoms with Crippen molar-refractivity contribution in [3.05, 3.63) is 0 Å². The molecule has 4 nitrogen and oxygen atoms in total. The number of alkyl halides is 1. The van der Waals surface area contributed by atoms with Crippen molar-refractivity contribution in [2.45, 2.75) is 38.0 Å². The molecule has 1 amide bonds. The lowest BCUT2D eigenvalue weighted by molar-refractivity contribution is -0.122. The summed E-state index contributed by atoms with van der Waals surface area (Å²) >= 11 is 5.71. The van der Waals surface area contributed by atoms with Gasteiger partial charge in [-0.05, 0) is 20.3 Å². The third-order valence-electron chi connectivity index (χ3n) is 2.51. The monoisotopic (exact) mass is 255 g/mol. The highest BCUT2D eigenvalue weighted by Gasteiger charge is 2.29. The van der Waals surface area contributed by atoms with Gasteiger partial charge in [0.2, 0.25) is 5.91 Å². The van der Waals surface area contributed by atoms with Crippen LogP contribution >= 0.6 is 11.6 Å². The Morgan fingerprint density at radius 3 is 2.27 bits per heavy atom. The van der Waals surface area contributed by atoms with Gasteiger partial charge in [0.15, 0.2) is 9.84 Å². The highest BCUT2D eigenvalue weighted by molar-refractivity contribution is 7.92. The molecule has 0 aliphatic carbocycles. The number of sulfone groups is 1. The maximum absolute atomic E-state index is 11.6. The fourth-order valence-corrected chi connectivity index (χ4v) is 1.51. The summed E-state index contributed by atoms with van der Waals surface area (Å²) in [4.78, 5) is 11.6. The summed E-state index contributed by atoms with van der Waals surface area (Å²) in [6.07, 6.45) is 1.69. The molecule has 0 radical (unpaired) electrons. The lowest BCUT2D eigenvalue weighted by Crippen LogP contribution is -2.51. The zero-order valence-corrected chi connectivity index (χ0v) is 11.1. The molecule has 0 aliphatic rings. The topological polar surface area (TPSA) is 63.2 Å². The van der Waals surface area contributed by atoms with E-state index >= 15 is 0 Å². The number of rotatable bonds is 5. The molecule has 0 rings (SSSR count). The van der Waals surface area contributed by atoms with E-state index in [1.807, 2.05) is 6.92 Å². The Kier molecular flexibility index (Phi) is 5.06. The maximum Gasteiger partial charge on any atom is 0.238 e. The summed E-state index contributed by atoms with van der Waals surface area (Å²) in [5, 5.41) is 1.61. The van der Waals surface area contributed by atoms with Gasteiger partial charge in [-0.3, -0.25) is 4.79 Å². The number of amides is 1. The number of hydrogen-bond donors (Lipinski definition) is 1. The van der Waals surface area contributed by atoms with Crippen molar-refractivity contribution in [1.82, 2.24) is 5.32 Å². The predicted octanol–water partition coefficient (Wildman–Crippen LogP) is 0.943. The van der Waals surface area contributed by atoms with E-state index < -0.39 is 26.5 Å². The van der Waals surface area contributed by atoms with Crippen LogP contribution in [-0.4, -0.2) is 37.2 Å². The number of hydrogen-bond acceptors (Lipinski definition) is 3. The highest BCUT2D eigenvalue weighted by atomic mass is 35.5. The summed E-state index contributed by atoms with van der Waals surface area (Å²) in [5.41, 5.74) is -0.544. The van der Waals surface area contributed by atoms with Crippen molar-refractivity contribution in [3.8, 4) is 0 Å². The van der Waals surface area contributed by atoms with Gasteiger partial charge >= 0.3 is 0 Å².